The van der Waals surface area contributed by atoms with E-state index in [1.165, 1.54) is 0 Å². The number of rotatable bonds is 3. The van der Waals surface area contributed by atoms with E-state index in [-0.39, 0.29) is 0 Å². The predicted molar refractivity (Wildman–Crippen MR) is 105 cm³/mol. The Morgan fingerprint density at radius 2 is 1.75 bits per heavy atom. The van der Waals surface area contributed by atoms with Gasteiger partial charge in [-0.2, -0.15) is 5.10 Å². The van der Waals surface area contributed by atoms with Crippen molar-refractivity contribution in [2.24, 2.45) is 10.2 Å². The molecule has 0 unspecified atom stereocenters. The molecule has 0 spiro atoms. The van der Waals surface area contributed by atoms with Gasteiger partial charge in [-0.3, -0.25) is 0 Å². The summed E-state index contributed by atoms with van der Waals surface area (Å²) in [5.41, 5.74) is 3.62. The van der Waals surface area contributed by atoms with Crippen molar-refractivity contribution < 1.29 is 0 Å². The normalized spacial score (nSPS) is 11.1. The van der Waals surface area contributed by atoms with E-state index < -0.39 is 0 Å². The lowest BCUT2D eigenvalue weighted by Gasteiger charge is -1.99. The minimum atomic E-state index is 0.351. The Bertz CT molecular complexity index is 920. The molecule has 0 amide bonds. The molecule has 0 atom stereocenters. The van der Waals surface area contributed by atoms with Gasteiger partial charge in [0, 0.05) is 5.56 Å². The molecule has 0 saturated heterocycles. The number of thiocarbonyl (C=S) groups is 1. The molecule has 1 heterocycles. The van der Waals surface area contributed by atoms with Crippen LogP contribution in [0.25, 0.3) is 11.3 Å². The summed E-state index contributed by atoms with van der Waals surface area (Å²) < 4.78 is 1.92. The van der Waals surface area contributed by atoms with Crippen LogP contribution >= 0.6 is 36.4 Å². The summed E-state index contributed by atoms with van der Waals surface area (Å²) in [6.45, 7) is 1.88. The maximum Gasteiger partial charge on any atom is 0.158 e. The van der Waals surface area contributed by atoms with Crippen LogP contribution in [-0.4, -0.2) is 14.1 Å². The van der Waals surface area contributed by atoms with Gasteiger partial charge in [0.1, 0.15) is 17.1 Å². The standard InChI is InChI=1S/C17H13ClN4S2/c1-11-15(20-19-14-10-6-5-9-13(14)18)16(21-22(11)17(23)24)12-7-3-2-4-8-12/h2-10H,1H3,(H,23,24). The van der Waals surface area contributed by atoms with Gasteiger partial charge < -0.3 is 0 Å². The van der Waals surface area contributed by atoms with Crippen molar-refractivity contribution in [2.45, 2.75) is 6.92 Å². The molecular weight excluding hydrogens is 360 g/mol. The fraction of sp³-hybridized carbons (Fsp3) is 0.0588. The fourth-order valence-electron chi connectivity index (χ4n) is 2.23. The summed E-state index contributed by atoms with van der Waals surface area (Å²) in [5, 5.41) is 13.7. The number of hydrogen-bond acceptors (Lipinski definition) is 4. The summed E-state index contributed by atoms with van der Waals surface area (Å²) in [7, 11) is 0. The lowest BCUT2D eigenvalue weighted by molar-refractivity contribution is 0.928. The quantitative estimate of drug-likeness (QED) is 0.348. The second kappa shape index (κ2) is 7.25. The summed E-state index contributed by atoms with van der Waals surface area (Å²) in [4.78, 5) is 0. The average Bonchev–Trinajstić information content (AvgIpc) is 2.92. The molecule has 0 fully saturated rings. The van der Waals surface area contributed by atoms with Gasteiger partial charge in [0.05, 0.1) is 10.7 Å². The summed E-state index contributed by atoms with van der Waals surface area (Å²) in [6, 6.07) is 17.0. The van der Waals surface area contributed by atoms with E-state index in [2.05, 4.69) is 28.0 Å². The minimum Gasteiger partial charge on any atom is -0.218 e. The van der Waals surface area contributed by atoms with Crippen LogP contribution in [0.15, 0.2) is 64.8 Å². The molecule has 3 rings (SSSR count). The third-order valence-corrected chi connectivity index (χ3v) is 4.11. The number of azo groups is 1. The third-order valence-electron chi connectivity index (χ3n) is 3.42. The molecule has 4 nitrogen and oxygen atoms in total. The third kappa shape index (κ3) is 3.40. The van der Waals surface area contributed by atoms with E-state index in [1.807, 2.05) is 49.4 Å². The van der Waals surface area contributed by atoms with Gasteiger partial charge in [0.25, 0.3) is 0 Å². The Balaban J connectivity index is 2.12. The maximum absolute atomic E-state index is 6.14. The van der Waals surface area contributed by atoms with E-state index in [1.54, 1.807) is 16.8 Å². The van der Waals surface area contributed by atoms with Crippen molar-refractivity contribution in [3.63, 3.8) is 0 Å². The Labute approximate surface area is 155 Å². The second-order valence-corrected chi connectivity index (χ2v) is 6.51. The summed E-state index contributed by atoms with van der Waals surface area (Å²) in [6.07, 6.45) is 0. The fourth-order valence-corrected chi connectivity index (χ4v) is 2.77. The predicted octanol–water partition coefficient (Wildman–Crippen LogP) is 5.99. The maximum atomic E-state index is 6.14. The molecule has 2 aromatic carbocycles. The molecule has 0 bridgehead atoms. The van der Waals surface area contributed by atoms with Gasteiger partial charge >= 0.3 is 0 Å². The van der Waals surface area contributed by atoms with Crippen molar-refractivity contribution in [2.75, 3.05) is 0 Å². The Hall–Kier alpha value is -2.02. The molecule has 0 radical (unpaired) electrons. The molecule has 0 aliphatic heterocycles. The highest BCUT2D eigenvalue weighted by atomic mass is 35.5. The second-order valence-electron chi connectivity index (χ2n) is 4.99. The van der Waals surface area contributed by atoms with E-state index in [4.69, 9.17) is 23.8 Å². The van der Waals surface area contributed by atoms with E-state index >= 15 is 0 Å². The highest BCUT2D eigenvalue weighted by Gasteiger charge is 2.17. The van der Waals surface area contributed by atoms with Crippen LogP contribution in [-0.2, 0) is 0 Å². The lowest BCUT2D eigenvalue weighted by Crippen LogP contribution is -2.05. The number of thiol groups is 1. The Kier molecular flexibility index (Phi) is 5.08. The number of halogens is 1. The number of hydrogen-bond donors (Lipinski definition) is 1. The SMILES string of the molecule is Cc1c(N=Nc2ccccc2Cl)c(-c2ccccc2)nn1C(=S)S. The van der Waals surface area contributed by atoms with Gasteiger partial charge in [-0.25, -0.2) is 4.68 Å². The van der Waals surface area contributed by atoms with Crippen LogP contribution in [0, 0.1) is 6.92 Å². The molecule has 7 heteroatoms. The van der Waals surface area contributed by atoms with Gasteiger partial charge in [-0.15, -0.1) is 22.9 Å². The first-order valence-electron chi connectivity index (χ1n) is 7.12. The Morgan fingerprint density at radius 1 is 1.08 bits per heavy atom. The summed E-state index contributed by atoms with van der Waals surface area (Å²) >= 11 is 15.5. The highest BCUT2D eigenvalue weighted by molar-refractivity contribution is 8.11. The van der Waals surface area contributed by atoms with Crippen molar-refractivity contribution in [1.82, 2.24) is 9.78 Å². The van der Waals surface area contributed by atoms with Crippen LogP contribution in [0.2, 0.25) is 5.02 Å². The van der Waals surface area contributed by atoms with Crippen LogP contribution in [0.1, 0.15) is 5.69 Å². The first kappa shape index (κ1) is 16.8. The Morgan fingerprint density at radius 3 is 2.42 bits per heavy atom. The molecule has 120 valence electrons. The zero-order valence-corrected chi connectivity index (χ0v) is 15.2. The zero-order chi connectivity index (χ0) is 17.1. The largest absolute Gasteiger partial charge is 0.218 e. The average molecular weight is 373 g/mol. The van der Waals surface area contributed by atoms with Crippen LogP contribution in [0.3, 0.4) is 0 Å². The molecule has 3 aromatic rings. The molecule has 0 N–H and O–H groups in total. The van der Waals surface area contributed by atoms with Crippen LogP contribution in [0.4, 0.5) is 11.4 Å². The van der Waals surface area contributed by atoms with Gasteiger partial charge in [-0.05, 0) is 19.1 Å². The van der Waals surface area contributed by atoms with Crippen LogP contribution in [0.5, 0.6) is 0 Å². The van der Waals surface area contributed by atoms with Crippen molar-refractivity contribution in [1.29, 1.82) is 0 Å². The number of benzene rings is 2. The molecule has 24 heavy (non-hydrogen) atoms. The zero-order valence-electron chi connectivity index (χ0n) is 12.7. The monoisotopic (exact) mass is 372 g/mol. The molecular formula is C17H13ClN4S2. The lowest BCUT2D eigenvalue weighted by atomic mass is 10.1. The van der Waals surface area contributed by atoms with Crippen molar-refractivity contribution in [3.8, 4) is 11.3 Å². The smallest absolute Gasteiger partial charge is 0.158 e. The van der Waals surface area contributed by atoms with Gasteiger partial charge in [-0.1, -0.05) is 66.3 Å². The number of aromatic nitrogens is 2. The van der Waals surface area contributed by atoms with Crippen molar-refractivity contribution >= 4 is 52.1 Å². The first-order chi connectivity index (χ1) is 11.6. The summed E-state index contributed by atoms with van der Waals surface area (Å²) in [5.74, 6) is 0. The van der Waals surface area contributed by atoms with Gasteiger partial charge in [0.2, 0.25) is 0 Å². The number of nitrogens with zero attached hydrogens (tertiary/aromatic N) is 4. The highest BCUT2D eigenvalue weighted by Crippen LogP contribution is 2.35. The minimum absolute atomic E-state index is 0.351. The van der Waals surface area contributed by atoms with E-state index in [0.717, 1.165) is 11.3 Å². The molecule has 0 aliphatic carbocycles. The van der Waals surface area contributed by atoms with Crippen LogP contribution < -0.4 is 0 Å². The molecule has 1 aromatic heterocycles. The van der Waals surface area contributed by atoms with Gasteiger partial charge in [0.15, 0.2) is 4.32 Å². The molecule has 0 aliphatic rings. The first-order valence-corrected chi connectivity index (χ1v) is 8.36. The van der Waals surface area contributed by atoms with Crippen molar-refractivity contribution in [3.05, 3.63) is 65.3 Å². The van der Waals surface area contributed by atoms with E-state index in [9.17, 15) is 0 Å². The van der Waals surface area contributed by atoms with E-state index in [0.29, 0.717) is 26.4 Å². The topological polar surface area (TPSA) is 42.5 Å². The molecule has 0 saturated carbocycles.